The Morgan fingerprint density at radius 3 is 2.56 bits per heavy atom. The molecule has 2 aromatic carbocycles. The Morgan fingerprint density at radius 2 is 1.89 bits per heavy atom. The third-order valence-corrected chi connectivity index (χ3v) is 4.60. The van der Waals surface area contributed by atoms with Crippen molar-refractivity contribution in [2.75, 3.05) is 18.7 Å². The monoisotopic (exact) mass is 385 g/mol. The maximum Gasteiger partial charge on any atom is 0.345 e. The summed E-state index contributed by atoms with van der Waals surface area (Å²) in [6.45, 7) is 0.476. The van der Waals surface area contributed by atoms with Gasteiger partial charge in [0.25, 0.3) is 0 Å². The molecular weight excluding hydrogens is 366 g/mol. The van der Waals surface area contributed by atoms with E-state index in [9.17, 15) is 9.59 Å². The zero-order chi connectivity index (χ0) is 19.2. The number of hydrazone groups is 1. The van der Waals surface area contributed by atoms with E-state index >= 15 is 0 Å². The first-order valence-electron chi connectivity index (χ1n) is 8.63. The van der Waals surface area contributed by atoms with Gasteiger partial charge in [0.15, 0.2) is 0 Å². The number of carbonyl (C=O) groups is 2. The topological polar surface area (TPSA) is 62.2 Å². The van der Waals surface area contributed by atoms with Gasteiger partial charge >= 0.3 is 12.0 Å². The van der Waals surface area contributed by atoms with Gasteiger partial charge in [-0.3, -0.25) is 0 Å². The number of benzene rings is 2. The molecule has 2 aromatic rings. The normalized spacial score (nSPS) is 16.5. The number of ether oxygens (including phenoxy) is 1. The molecule has 0 saturated carbocycles. The summed E-state index contributed by atoms with van der Waals surface area (Å²) in [5, 5.41) is 6.22. The summed E-state index contributed by atoms with van der Waals surface area (Å²) in [5.41, 5.74) is 1.42. The van der Waals surface area contributed by atoms with Gasteiger partial charge in [0.1, 0.15) is 6.04 Å². The summed E-state index contributed by atoms with van der Waals surface area (Å²) < 4.78 is 4.84. The number of hydrogen-bond donors (Lipinski definition) is 0. The molecule has 1 saturated heterocycles. The molecule has 0 aliphatic carbocycles. The molecule has 0 bridgehead atoms. The number of halogens is 1. The molecule has 1 aliphatic heterocycles. The predicted molar refractivity (Wildman–Crippen MR) is 105 cm³/mol. The van der Waals surface area contributed by atoms with Crippen LogP contribution in [0.3, 0.4) is 0 Å². The lowest BCUT2D eigenvalue weighted by Gasteiger charge is -2.27. The Balaban J connectivity index is 1.91. The predicted octanol–water partition coefficient (Wildman–Crippen LogP) is 3.94. The minimum Gasteiger partial charge on any atom is -0.467 e. The van der Waals surface area contributed by atoms with Gasteiger partial charge in [-0.15, -0.1) is 0 Å². The van der Waals surface area contributed by atoms with E-state index in [0.717, 1.165) is 12.0 Å². The fourth-order valence-corrected chi connectivity index (χ4v) is 3.10. The van der Waals surface area contributed by atoms with Crippen LogP contribution in [0.25, 0.3) is 0 Å². The Hall–Kier alpha value is -2.86. The van der Waals surface area contributed by atoms with Gasteiger partial charge in [-0.05, 0) is 42.7 Å². The quantitative estimate of drug-likeness (QED) is 0.455. The summed E-state index contributed by atoms with van der Waals surface area (Å²) in [7, 11) is 1.33. The third-order valence-electron chi connectivity index (χ3n) is 4.35. The molecule has 1 heterocycles. The van der Waals surface area contributed by atoms with Crippen LogP contribution in [0.4, 0.5) is 10.5 Å². The van der Waals surface area contributed by atoms with Gasteiger partial charge < -0.3 is 9.64 Å². The van der Waals surface area contributed by atoms with Gasteiger partial charge in [0, 0.05) is 11.6 Å². The van der Waals surface area contributed by atoms with Gasteiger partial charge in [0.2, 0.25) is 0 Å². The van der Waals surface area contributed by atoms with E-state index in [1.807, 2.05) is 30.3 Å². The number of rotatable bonds is 4. The number of hydrogen-bond acceptors (Lipinski definition) is 4. The van der Waals surface area contributed by atoms with Crippen LogP contribution in [0.5, 0.6) is 0 Å². The van der Waals surface area contributed by atoms with E-state index in [2.05, 4.69) is 5.10 Å². The molecule has 1 fully saturated rings. The van der Waals surface area contributed by atoms with Crippen LogP contribution in [0.2, 0.25) is 5.02 Å². The van der Waals surface area contributed by atoms with Crippen molar-refractivity contribution in [1.29, 1.82) is 0 Å². The Bertz CT molecular complexity index is 824. The molecule has 7 heteroatoms. The first kappa shape index (κ1) is 18.9. The van der Waals surface area contributed by atoms with Crippen molar-refractivity contribution in [3.8, 4) is 0 Å². The molecule has 0 spiro atoms. The number of nitrogens with zero attached hydrogens (tertiary/aromatic N) is 3. The maximum absolute atomic E-state index is 13.2. The highest BCUT2D eigenvalue weighted by Gasteiger charge is 2.37. The molecule has 3 rings (SSSR count). The highest BCUT2D eigenvalue weighted by molar-refractivity contribution is 6.30. The molecule has 0 aromatic heterocycles. The lowest BCUT2D eigenvalue weighted by molar-refractivity contribution is -0.144. The fourth-order valence-electron chi connectivity index (χ4n) is 2.97. The number of esters is 1. The molecule has 0 unspecified atom stereocenters. The first-order chi connectivity index (χ1) is 13.1. The molecule has 0 N–H and O–H groups in total. The Labute approximate surface area is 163 Å². The zero-order valence-corrected chi connectivity index (χ0v) is 15.7. The highest BCUT2D eigenvalue weighted by Crippen LogP contribution is 2.25. The lowest BCUT2D eigenvalue weighted by atomic mass is 10.2. The summed E-state index contributed by atoms with van der Waals surface area (Å²) in [6, 6.07) is 15.3. The van der Waals surface area contributed by atoms with E-state index in [1.54, 1.807) is 30.5 Å². The molecular formula is C20H20ClN3O3. The Kier molecular flexibility index (Phi) is 6.08. The average molecular weight is 386 g/mol. The van der Waals surface area contributed by atoms with Crippen molar-refractivity contribution in [2.24, 2.45) is 5.10 Å². The van der Waals surface area contributed by atoms with Crippen molar-refractivity contribution in [1.82, 2.24) is 4.90 Å². The SMILES string of the molecule is COC(=O)[C@@H]1CCCN1C(=O)N(N=Cc1ccccc1)c1ccc(Cl)cc1. The van der Waals surface area contributed by atoms with Crippen molar-refractivity contribution in [3.05, 3.63) is 65.2 Å². The minimum atomic E-state index is -0.593. The number of amides is 2. The number of likely N-dealkylation sites (tertiary alicyclic amines) is 1. The highest BCUT2D eigenvalue weighted by atomic mass is 35.5. The van der Waals surface area contributed by atoms with Crippen LogP contribution >= 0.6 is 11.6 Å². The van der Waals surface area contributed by atoms with E-state index in [0.29, 0.717) is 23.7 Å². The summed E-state index contributed by atoms with van der Waals surface area (Å²) in [4.78, 5) is 26.7. The minimum absolute atomic E-state index is 0.377. The number of methoxy groups -OCH3 is 1. The van der Waals surface area contributed by atoms with Crippen molar-refractivity contribution >= 4 is 35.5 Å². The summed E-state index contributed by atoms with van der Waals surface area (Å²) in [6.07, 6.45) is 2.92. The number of anilines is 1. The standard InChI is InChI=1S/C20H20ClN3O3/c1-27-19(25)18-8-5-13-23(18)20(26)24(17-11-9-16(21)10-12-17)22-14-15-6-3-2-4-7-15/h2-4,6-7,9-12,14,18H,5,8,13H2,1H3/t18-/m0/s1. The second-order valence-corrected chi connectivity index (χ2v) is 6.54. The molecule has 27 heavy (non-hydrogen) atoms. The smallest absolute Gasteiger partial charge is 0.345 e. The largest absolute Gasteiger partial charge is 0.467 e. The molecule has 0 radical (unpaired) electrons. The van der Waals surface area contributed by atoms with Crippen LogP contribution in [0, 0.1) is 0 Å². The van der Waals surface area contributed by atoms with Crippen molar-refractivity contribution in [2.45, 2.75) is 18.9 Å². The second-order valence-electron chi connectivity index (χ2n) is 6.10. The van der Waals surface area contributed by atoms with E-state index in [1.165, 1.54) is 17.0 Å². The zero-order valence-electron chi connectivity index (χ0n) is 14.9. The van der Waals surface area contributed by atoms with Gasteiger partial charge in [0.05, 0.1) is 19.0 Å². The van der Waals surface area contributed by atoms with Crippen molar-refractivity contribution in [3.63, 3.8) is 0 Å². The van der Waals surface area contributed by atoms with E-state index < -0.39 is 12.0 Å². The lowest BCUT2D eigenvalue weighted by Crippen LogP contribution is -2.47. The number of urea groups is 1. The van der Waals surface area contributed by atoms with Gasteiger partial charge in [-0.1, -0.05) is 41.9 Å². The van der Waals surface area contributed by atoms with E-state index in [-0.39, 0.29) is 6.03 Å². The number of carbonyl (C=O) groups excluding carboxylic acids is 2. The van der Waals surface area contributed by atoms with Crippen LogP contribution < -0.4 is 5.01 Å². The molecule has 1 atom stereocenters. The molecule has 1 aliphatic rings. The van der Waals surface area contributed by atoms with Crippen LogP contribution in [-0.4, -0.2) is 42.8 Å². The fraction of sp³-hybridized carbons (Fsp3) is 0.250. The van der Waals surface area contributed by atoms with Crippen LogP contribution in [0.1, 0.15) is 18.4 Å². The summed E-state index contributed by atoms with van der Waals surface area (Å²) >= 11 is 5.97. The van der Waals surface area contributed by atoms with Crippen LogP contribution in [-0.2, 0) is 9.53 Å². The summed E-state index contributed by atoms with van der Waals surface area (Å²) in [5.74, 6) is -0.413. The first-order valence-corrected chi connectivity index (χ1v) is 9.01. The molecule has 6 nitrogen and oxygen atoms in total. The van der Waals surface area contributed by atoms with Crippen molar-refractivity contribution < 1.29 is 14.3 Å². The van der Waals surface area contributed by atoms with Gasteiger partial charge in [-0.25, -0.2) is 9.59 Å². The third kappa shape index (κ3) is 4.46. The second kappa shape index (κ2) is 8.68. The molecule has 2 amide bonds. The van der Waals surface area contributed by atoms with E-state index in [4.69, 9.17) is 16.3 Å². The van der Waals surface area contributed by atoms with Gasteiger partial charge in [-0.2, -0.15) is 10.1 Å². The Morgan fingerprint density at radius 1 is 1.19 bits per heavy atom. The average Bonchev–Trinajstić information content (AvgIpc) is 3.19. The molecule has 140 valence electrons. The van der Waals surface area contributed by atoms with Crippen LogP contribution in [0.15, 0.2) is 59.7 Å². The maximum atomic E-state index is 13.2.